The summed E-state index contributed by atoms with van der Waals surface area (Å²) in [5, 5.41) is 0.746. The number of nitrogens with zero attached hydrogens (tertiary/aromatic N) is 2. The van der Waals surface area contributed by atoms with Gasteiger partial charge in [0.05, 0.1) is 16.1 Å². The van der Waals surface area contributed by atoms with E-state index in [1.54, 1.807) is 0 Å². The molecule has 3 nitrogen and oxygen atoms in total. The third-order valence-corrected chi connectivity index (χ3v) is 3.45. The van der Waals surface area contributed by atoms with Gasteiger partial charge in [-0.2, -0.15) is 0 Å². The fourth-order valence-corrected chi connectivity index (χ4v) is 2.33. The average molecular weight is 252 g/mol. The zero-order valence-corrected chi connectivity index (χ0v) is 11.3. The first kappa shape index (κ1) is 12.4. The molecule has 0 fully saturated rings. The van der Waals surface area contributed by atoms with Gasteiger partial charge in [-0.15, -0.1) is 0 Å². The Balaban J connectivity index is 2.78. The number of halogens is 1. The van der Waals surface area contributed by atoms with E-state index in [0.717, 1.165) is 28.4 Å². The molecule has 0 radical (unpaired) electrons. The SMILES string of the molecule is CCn1c(C(C)(C)CN)nc2cccc(Cl)c21. The van der Waals surface area contributed by atoms with Gasteiger partial charge in [-0.05, 0) is 19.1 Å². The van der Waals surface area contributed by atoms with E-state index in [1.807, 2.05) is 18.2 Å². The molecule has 1 aromatic heterocycles. The Morgan fingerprint density at radius 1 is 1.41 bits per heavy atom. The highest BCUT2D eigenvalue weighted by Crippen LogP contribution is 2.29. The lowest BCUT2D eigenvalue weighted by Crippen LogP contribution is -2.31. The zero-order valence-electron chi connectivity index (χ0n) is 10.5. The van der Waals surface area contributed by atoms with Crippen LogP contribution in [0.2, 0.25) is 5.02 Å². The van der Waals surface area contributed by atoms with Crippen LogP contribution in [-0.2, 0) is 12.0 Å². The summed E-state index contributed by atoms with van der Waals surface area (Å²) in [5.41, 5.74) is 7.64. The molecule has 2 rings (SSSR count). The molecule has 0 amide bonds. The minimum absolute atomic E-state index is 0.141. The molecule has 2 aromatic rings. The van der Waals surface area contributed by atoms with Crippen LogP contribution in [0, 0.1) is 0 Å². The Kier molecular flexibility index (Phi) is 3.15. The molecule has 2 N–H and O–H groups in total. The third kappa shape index (κ3) is 1.94. The largest absolute Gasteiger partial charge is 0.329 e. The van der Waals surface area contributed by atoms with E-state index in [2.05, 4.69) is 30.3 Å². The van der Waals surface area contributed by atoms with Crippen molar-refractivity contribution in [2.75, 3.05) is 6.54 Å². The molecular formula is C13H18ClN3. The topological polar surface area (TPSA) is 43.8 Å². The second kappa shape index (κ2) is 4.31. The third-order valence-electron chi connectivity index (χ3n) is 3.15. The molecule has 0 aliphatic carbocycles. The van der Waals surface area contributed by atoms with Crippen LogP contribution in [-0.4, -0.2) is 16.1 Å². The molecule has 0 spiro atoms. The Hall–Kier alpha value is -1.06. The maximum Gasteiger partial charge on any atom is 0.116 e. The van der Waals surface area contributed by atoms with Gasteiger partial charge in [0.25, 0.3) is 0 Å². The van der Waals surface area contributed by atoms with Crippen LogP contribution in [0.3, 0.4) is 0 Å². The lowest BCUT2D eigenvalue weighted by atomic mass is 9.92. The summed E-state index contributed by atoms with van der Waals surface area (Å²) in [6.45, 7) is 7.72. The number of aromatic nitrogens is 2. The first-order valence-electron chi connectivity index (χ1n) is 5.86. The Morgan fingerprint density at radius 2 is 2.12 bits per heavy atom. The minimum atomic E-state index is -0.141. The average Bonchev–Trinajstić information content (AvgIpc) is 2.69. The number of fused-ring (bicyclic) bond motifs is 1. The van der Waals surface area contributed by atoms with Gasteiger partial charge in [-0.3, -0.25) is 0 Å². The van der Waals surface area contributed by atoms with Crippen LogP contribution in [0.15, 0.2) is 18.2 Å². The first-order valence-corrected chi connectivity index (χ1v) is 6.24. The van der Waals surface area contributed by atoms with Gasteiger partial charge >= 0.3 is 0 Å². The molecule has 92 valence electrons. The smallest absolute Gasteiger partial charge is 0.116 e. The molecule has 4 heteroatoms. The number of para-hydroxylation sites is 1. The molecule has 0 bridgehead atoms. The Bertz CT molecular complexity index is 543. The molecule has 0 unspecified atom stereocenters. The fourth-order valence-electron chi connectivity index (χ4n) is 2.06. The van der Waals surface area contributed by atoms with E-state index in [4.69, 9.17) is 17.3 Å². The Morgan fingerprint density at radius 3 is 2.71 bits per heavy atom. The summed E-state index contributed by atoms with van der Waals surface area (Å²) in [6.07, 6.45) is 0. The van der Waals surface area contributed by atoms with Gasteiger partial charge in [0, 0.05) is 18.5 Å². The Labute approximate surface area is 107 Å². The number of hydrogen-bond donors (Lipinski definition) is 1. The molecule has 0 aliphatic heterocycles. The van der Waals surface area contributed by atoms with Crippen molar-refractivity contribution in [2.45, 2.75) is 32.7 Å². The van der Waals surface area contributed by atoms with Gasteiger partial charge < -0.3 is 10.3 Å². The second-order valence-corrected chi connectivity index (χ2v) is 5.28. The molecule has 0 aliphatic rings. The van der Waals surface area contributed by atoms with Crippen LogP contribution < -0.4 is 5.73 Å². The lowest BCUT2D eigenvalue weighted by Gasteiger charge is -2.22. The van der Waals surface area contributed by atoms with Crippen molar-refractivity contribution in [3.63, 3.8) is 0 Å². The number of hydrogen-bond acceptors (Lipinski definition) is 2. The molecular weight excluding hydrogens is 234 g/mol. The number of aryl methyl sites for hydroxylation is 1. The van der Waals surface area contributed by atoms with E-state index in [1.165, 1.54) is 0 Å². The molecule has 1 heterocycles. The highest BCUT2D eigenvalue weighted by atomic mass is 35.5. The second-order valence-electron chi connectivity index (χ2n) is 4.88. The van der Waals surface area contributed by atoms with Gasteiger partial charge in [0.2, 0.25) is 0 Å². The highest BCUT2D eigenvalue weighted by Gasteiger charge is 2.26. The summed E-state index contributed by atoms with van der Waals surface area (Å²) in [5.74, 6) is 1.01. The van der Waals surface area contributed by atoms with Crippen molar-refractivity contribution in [3.05, 3.63) is 29.0 Å². The summed E-state index contributed by atoms with van der Waals surface area (Å²) in [6, 6.07) is 5.82. The van der Waals surface area contributed by atoms with Crippen molar-refractivity contribution in [2.24, 2.45) is 5.73 Å². The predicted octanol–water partition coefficient (Wildman–Crippen LogP) is 2.95. The summed E-state index contributed by atoms with van der Waals surface area (Å²) < 4.78 is 2.16. The molecule has 0 saturated carbocycles. The number of imidazole rings is 1. The monoisotopic (exact) mass is 251 g/mol. The molecule has 17 heavy (non-hydrogen) atoms. The molecule has 0 atom stereocenters. The van der Waals surface area contributed by atoms with E-state index in [0.29, 0.717) is 6.54 Å². The van der Waals surface area contributed by atoms with E-state index in [-0.39, 0.29) is 5.41 Å². The minimum Gasteiger partial charge on any atom is -0.329 e. The van der Waals surface area contributed by atoms with E-state index in [9.17, 15) is 0 Å². The van der Waals surface area contributed by atoms with Crippen molar-refractivity contribution in [1.29, 1.82) is 0 Å². The lowest BCUT2D eigenvalue weighted by molar-refractivity contribution is 0.477. The molecule has 1 aromatic carbocycles. The summed E-state index contributed by atoms with van der Waals surface area (Å²) >= 11 is 6.26. The van der Waals surface area contributed by atoms with Crippen LogP contribution in [0.1, 0.15) is 26.6 Å². The molecule has 0 saturated heterocycles. The maximum absolute atomic E-state index is 6.26. The van der Waals surface area contributed by atoms with Crippen LogP contribution in [0.5, 0.6) is 0 Å². The van der Waals surface area contributed by atoms with Gasteiger partial charge in [0.15, 0.2) is 0 Å². The predicted molar refractivity (Wildman–Crippen MR) is 72.5 cm³/mol. The normalized spacial score (nSPS) is 12.3. The first-order chi connectivity index (χ1) is 8.01. The van der Waals surface area contributed by atoms with E-state index >= 15 is 0 Å². The van der Waals surface area contributed by atoms with Gasteiger partial charge in [-0.1, -0.05) is 31.5 Å². The van der Waals surface area contributed by atoms with Crippen LogP contribution >= 0.6 is 11.6 Å². The highest BCUT2D eigenvalue weighted by molar-refractivity contribution is 6.35. The number of rotatable bonds is 3. The standard InChI is InChI=1S/C13H18ClN3/c1-4-17-11-9(14)6-5-7-10(11)16-12(17)13(2,3)8-15/h5-7H,4,8,15H2,1-3H3. The maximum atomic E-state index is 6.26. The van der Waals surface area contributed by atoms with Crippen LogP contribution in [0.4, 0.5) is 0 Å². The van der Waals surface area contributed by atoms with E-state index < -0.39 is 0 Å². The van der Waals surface area contributed by atoms with Crippen molar-refractivity contribution in [3.8, 4) is 0 Å². The number of benzene rings is 1. The van der Waals surface area contributed by atoms with Gasteiger partial charge in [-0.25, -0.2) is 4.98 Å². The van der Waals surface area contributed by atoms with Crippen molar-refractivity contribution < 1.29 is 0 Å². The zero-order chi connectivity index (χ0) is 12.6. The van der Waals surface area contributed by atoms with Crippen LogP contribution in [0.25, 0.3) is 11.0 Å². The summed E-state index contributed by atoms with van der Waals surface area (Å²) in [7, 11) is 0. The quantitative estimate of drug-likeness (QED) is 0.912. The number of nitrogens with two attached hydrogens (primary N) is 1. The van der Waals surface area contributed by atoms with Crippen molar-refractivity contribution in [1.82, 2.24) is 9.55 Å². The fraction of sp³-hybridized carbons (Fsp3) is 0.462. The van der Waals surface area contributed by atoms with Crippen molar-refractivity contribution >= 4 is 22.6 Å². The van der Waals surface area contributed by atoms with Gasteiger partial charge in [0.1, 0.15) is 5.82 Å². The summed E-state index contributed by atoms with van der Waals surface area (Å²) in [4.78, 5) is 4.69.